The van der Waals surface area contributed by atoms with Crippen molar-refractivity contribution in [1.82, 2.24) is 0 Å². The predicted octanol–water partition coefficient (Wildman–Crippen LogP) is 2.40. The minimum atomic E-state index is 0.180. The van der Waals surface area contributed by atoms with Crippen LogP contribution in [0.4, 0.5) is 0 Å². The number of hydrogen-bond acceptors (Lipinski definition) is 1. The van der Waals surface area contributed by atoms with E-state index in [4.69, 9.17) is 11.6 Å². The van der Waals surface area contributed by atoms with Gasteiger partial charge in [-0.2, -0.15) is 0 Å². The molecule has 1 nitrogen and oxygen atoms in total. The summed E-state index contributed by atoms with van der Waals surface area (Å²) in [5, 5.41) is 0. The van der Waals surface area contributed by atoms with Gasteiger partial charge in [-0.3, -0.25) is 0 Å². The van der Waals surface area contributed by atoms with E-state index in [2.05, 4.69) is 0 Å². The number of carbonyl (C=O) groups is 1. The van der Waals surface area contributed by atoms with Gasteiger partial charge in [-0.1, -0.05) is 19.1 Å². The summed E-state index contributed by atoms with van der Waals surface area (Å²) in [6, 6.07) is 0. The Kier molecular flexibility index (Phi) is 6.61. The van der Waals surface area contributed by atoms with E-state index in [1.165, 1.54) is 0 Å². The van der Waals surface area contributed by atoms with E-state index in [9.17, 15) is 4.79 Å². The Morgan fingerprint density at radius 2 is 2.20 bits per heavy atom. The van der Waals surface area contributed by atoms with Gasteiger partial charge in [0.05, 0.1) is 0 Å². The summed E-state index contributed by atoms with van der Waals surface area (Å²) >= 11 is 5.40. The SMILES string of the molecule is CCC(C=O)C/C=C/CCl. The molecule has 0 aromatic rings. The van der Waals surface area contributed by atoms with E-state index in [0.717, 1.165) is 19.1 Å². The van der Waals surface area contributed by atoms with E-state index in [-0.39, 0.29) is 5.92 Å². The molecule has 0 N–H and O–H groups in total. The van der Waals surface area contributed by atoms with Gasteiger partial charge in [-0.05, 0) is 12.8 Å². The monoisotopic (exact) mass is 160 g/mol. The molecule has 0 fully saturated rings. The molecule has 0 saturated carbocycles. The van der Waals surface area contributed by atoms with E-state index in [1.807, 2.05) is 19.1 Å². The van der Waals surface area contributed by atoms with Crippen LogP contribution in [0.1, 0.15) is 19.8 Å². The van der Waals surface area contributed by atoms with Crippen LogP contribution >= 0.6 is 11.6 Å². The molecule has 0 aliphatic rings. The molecule has 0 aromatic heterocycles. The van der Waals surface area contributed by atoms with Crippen LogP contribution in [0.25, 0.3) is 0 Å². The third-order valence-electron chi connectivity index (χ3n) is 1.41. The van der Waals surface area contributed by atoms with Crippen molar-refractivity contribution in [3.05, 3.63) is 12.2 Å². The highest BCUT2D eigenvalue weighted by Crippen LogP contribution is 2.04. The normalized spacial score (nSPS) is 13.8. The van der Waals surface area contributed by atoms with Gasteiger partial charge in [0.15, 0.2) is 0 Å². The third-order valence-corrected chi connectivity index (χ3v) is 1.59. The molecule has 0 aliphatic carbocycles. The average molecular weight is 161 g/mol. The van der Waals surface area contributed by atoms with Gasteiger partial charge < -0.3 is 4.79 Å². The van der Waals surface area contributed by atoms with Crippen LogP contribution in [0.2, 0.25) is 0 Å². The lowest BCUT2D eigenvalue weighted by Crippen LogP contribution is -1.97. The lowest BCUT2D eigenvalue weighted by atomic mass is 10.0. The summed E-state index contributed by atoms with van der Waals surface area (Å²) in [5.41, 5.74) is 0. The van der Waals surface area contributed by atoms with Gasteiger partial charge >= 0.3 is 0 Å². The largest absolute Gasteiger partial charge is 0.303 e. The summed E-state index contributed by atoms with van der Waals surface area (Å²) < 4.78 is 0. The minimum Gasteiger partial charge on any atom is -0.303 e. The van der Waals surface area contributed by atoms with Gasteiger partial charge in [0, 0.05) is 11.8 Å². The molecule has 0 aromatic carbocycles. The standard InChI is InChI=1S/C8H13ClO/c1-2-8(7-10)5-3-4-6-9/h3-4,7-8H,2,5-6H2,1H3/b4-3+. The summed E-state index contributed by atoms with van der Waals surface area (Å²) in [6.45, 7) is 2.01. The van der Waals surface area contributed by atoms with Crippen molar-refractivity contribution in [1.29, 1.82) is 0 Å². The highest BCUT2D eigenvalue weighted by atomic mass is 35.5. The van der Waals surface area contributed by atoms with Crippen molar-refractivity contribution in [2.45, 2.75) is 19.8 Å². The topological polar surface area (TPSA) is 17.1 Å². The molecule has 0 heterocycles. The van der Waals surface area contributed by atoms with Gasteiger partial charge in [-0.15, -0.1) is 11.6 Å². The second-order valence-corrected chi connectivity index (χ2v) is 2.47. The Hall–Kier alpha value is -0.300. The molecule has 0 bridgehead atoms. The number of aldehydes is 1. The van der Waals surface area contributed by atoms with Crippen LogP contribution in [0.3, 0.4) is 0 Å². The highest BCUT2D eigenvalue weighted by Gasteiger charge is 1.99. The minimum absolute atomic E-state index is 0.180. The number of hydrogen-bond donors (Lipinski definition) is 0. The molecule has 0 spiro atoms. The van der Waals surface area contributed by atoms with E-state index < -0.39 is 0 Å². The Morgan fingerprint density at radius 3 is 2.60 bits per heavy atom. The van der Waals surface area contributed by atoms with Crippen LogP contribution in [0.5, 0.6) is 0 Å². The van der Waals surface area contributed by atoms with Crippen LogP contribution in [0.15, 0.2) is 12.2 Å². The second kappa shape index (κ2) is 6.81. The first-order chi connectivity index (χ1) is 4.85. The Morgan fingerprint density at radius 1 is 1.50 bits per heavy atom. The molecule has 0 aliphatic heterocycles. The number of carbonyl (C=O) groups excluding carboxylic acids is 1. The molecule has 0 rings (SSSR count). The van der Waals surface area contributed by atoms with Crippen molar-refractivity contribution in [2.75, 3.05) is 5.88 Å². The fraction of sp³-hybridized carbons (Fsp3) is 0.625. The van der Waals surface area contributed by atoms with Crippen molar-refractivity contribution in [2.24, 2.45) is 5.92 Å². The van der Waals surface area contributed by atoms with Crippen molar-refractivity contribution >= 4 is 17.9 Å². The van der Waals surface area contributed by atoms with Gasteiger partial charge in [0.2, 0.25) is 0 Å². The average Bonchev–Trinajstić information content (AvgIpc) is 1.99. The fourth-order valence-electron chi connectivity index (χ4n) is 0.652. The zero-order valence-electron chi connectivity index (χ0n) is 6.22. The first kappa shape index (κ1) is 9.70. The lowest BCUT2D eigenvalue weighted by molar-refractivity contribution is -0.111. The maximum absolute atomic E-state index is 10.3. The van der Waals surface area contributed by atoms with E-state index >= 15 is 0 Å². The number of halogens is 1. The molecule has 1 unspecified atom stereocenters. The fourth-order valence-corrected chi connectivity index (χ4v) is 0.778. The first-order valence-electron chi connectivity index (χ1n) is 3.51. The van der Waals surface area contributed by atoms with Crippen molar-refractivity contribution in [3.8, 4) is 0 Å². The zero-order valence-corrected chi connectivity index (χ0v) is 6.97. The maximum atomic E-state index is 10.3. The second-order valence-electron chi connectivity index (χ2n) is 2.17. The van der Waals surface area contributed by atoms with E-state index in [1.54, 1.807) is 0 Å². The lowest BCUT2D eigenvalue weighted by Gasteiger charge is -1.99. The molecule has 2 heteroatoms. The van der Waals surface area contributed by atoms with Gasteiger partial charge in [0.1, 0.15) is 6.29 Å². The Balaban J connectivity index is 3.43. The van der Waals surface area contributed by atoms with Crippen LogP contribution in [0, 0.1) is 5.92 Å². The van der Waals surface area contributed by atoms with Gasteiger partial charge in [0.25, 0.3) is 0 Å². The molecule has 1 atom stereocenters. The molecule has 58 valence electrons. The van der Waals surface area contributed by atoms with Crippen molar-refractivity contribution < 1.29 is 4.79 Å². The summed E-state index contributed by atoms with van der Waals surface area (Å²) in [7, 11) is 0. The van der Waals surface area contributed by atoms with Crippen LogP contribution < -0.4 is 0 Å². The Bertz CT molecular complexity index is 110. The van der Waals surface area contributed by atoms with Crippen LogP contribution in [-0.2, 0) is 4.79 Å². The number of rotatable bonds is 5. The Labute approximate surface area is 67.1 Å². The molecular weight excluding hydrogens is 148 g/mol. The molecule has 0 amide bonds. The molecule has 0 radical (unpaired) electrons. The molecule has 10 heavy (non-hydrogen) atoms. The summed E-state index contributed by atoms with van der Waals surface area (Å²) in [6.07, 6.45) is 6.56. The summed E-state index contributed by atoms with van der Waals surface area (Å²) in [4.78, 5) is 10.3. The molecular formula is C8H13ClO. The maximum Gasteiger partial charge on any atom is 0.123 e. The zero-order chi connectivity index (χ0) is 7.82. The smallest absolute Gasteiger partial charge is 0.123 e. The molecule has 0 saturated heterocycles. The van der Waals surface area contributed by atoms with E-state index in [0.29, 0.717) is 5.88 Å². The van der Waals surface area contributed by atoms with Crippen molar-refractivity contribution in [3.63, 3.8) is 0 Å². The van der Waals surface area contributed by atoms with Gasteiger partial charge in [-0.25, -0.2) is 0 Å². The highest BCUT2D eigenvalue weighted by molar-refractivity contribution is 6.18. The summed E-state index contributed by atoms with van der Waals surface area (Å²) in [5.74, 6) is 0.717. The number of allylic oxidation sites excluding steroid dienone is 2. The quantitative estimate of drug-likeness (QED) is 0.343. The van der Waals surface area contributed by atoms with Crippen LogP contribution in [-0.4, -0.2) is 12.2 Å². The number of alkyl halides is 1. The first-order valence-corrected chi connectivity index (χ1v) is 4.04. The predicted molar refractivity (Wildman–Crippen MR) is 44.3 cm³/mol. The third kappa shape index (κ3) is 4.57.